The highest BCUT2D eigenvalue weighted by atomic mass is 32.2. The van der Waals surface area contributed by atoms with Gasteiger partial charge in [0.25, 0.3) is 0 Å². The zero-order valence-corrected chi connectivity index (χ0v) is 19.0. The highest BCUT2D eigenvalue weighted by Gasteiger charge is 2.24. The van der Waals surface area contributed by atoms with Gasteiger partial charge in [0.1, 0.15) is 0 Å². The van der Waals surface area contributed by atoms with Crippen LogP contribution in [0.25, 0.3) is 11.0 Å². The number of ether oxygens (including phenoxy) is 2. The molecular weight excluding hydrogens is 432 g/mol. The number of sulfonamides is 1. The molecule has 0 bridgehead atoms. The van der Waals surface area contributed by atoms with Crippen LogP contribution in [0.15, 0.2) is 52.2 Å². The number of hydrogen-bond acceptors (Lipinski definition) is 6. The maximum absolute atomic E-state index is 12.6. The minimum absolute atomic E-state index is 0.0765. The van der Waals surface area contributed by atoms with Crippen LogP contribution in [0.1, 0.15) is 18.9 Å². The lowest BCUT2D eigenvalue weighted by Crippen LogP contribution is -2.41. The summed E-state index contributed by atoms with van der Waals surface area (Å²) in [6, 6.07) is 12.4. The number of nitrogens with zero attached hydrogens (tertiary/aromatic N) is 2. The Morgan fingerprint density at radius 2 is 1.78 bits per heavy atom. The predicted octanol–water partition coefficient (Wildman–Crippen LogP) is 1.96. The number of benzene rings is 2. The van der Waals surface area contributed by atoms with E-state index in [9.17, 15) is 13.2 Å². The SMILES string of the molecule is COc1ccc(S(=O)(=O)NCCN2CCC(n3c(=O)[nH]c4ccccc43)CC2)cc1OC. The Morgan fingerprint density at radius 3 is 2.50 bits per heavy atom. The first kappa shape index (κ1) is 22.4. The first-order chi connectivity index (χ1) is 15.4. The second kappa shape index (κ2) is 9.35. The zero-order valence-electron chi connectivity index (χ0n) is 18.2. The highest BCUT2D eigenvalue weighted by molar-refractivity contribution is 7.89. The molecule has 172 valence electrons. The van der Waals surface area contributed by atoms with Gasteiger partial charge in [-0.2, -0.15) is 0 Å². The normalized spacial score (nSPS) is 15.8. The fraction of sp³-hybridized carbons (Fsp3) is 0.409. The number of piperidine rings is 1. The van der Waals surface area contributed by atoms with Gasteiger partial charge in [0, 0.05) is 38.3 Å². The molecule has 2 heterocycles. The number of aromatic nitrogens is 2. The number of methoxy groups -OCH3 is 2. The van der Waals surface area contributed by atoms with Crippen LogP contribution in [0, 0.1) is 0 Å². The third-order valence-corrected chi connectivity index (χ3v) is 7.39. The molecule has 32 heavy (non-hydrogen) atoms. The van der Waals surface area contributed by atoms with Crippen molar-refractivity contribution < 1.29 is 17.9 Å². The number of aromatic amines is 1. The van der Waals surface area contributed by atoms with Gasteiger partial charge >= 0.3 is 5.69 Å². The summed E-state index contributed by atoms with van der Waals surface area (Å²) in [5.41, 5.74) is 1.70. The number of imidazole rings is 1. The third-order valence-electron chi connectivity index (χ3n) is 5.93. The smallest absolute Gasteiger partial charge is 0.326 e. The maximum Gasteiger partial charge on any atom is 0.326 e. The number of nitrogens with one attached hydrogen (secondary N) is 2. The number of fused-ring (bicyclic) bond motifs is 1. The molecule has 1 aromatic heterocycles. The quantitative estimate of drug-likeness (QED) is 0.532. The Kier molecular flexibility index (Phi) is 6.54. The fourth-order valence-corrected chi connectivity index (χ4v) is 5.28. The van der Waals surface area contributed by atoms with Gasteiger partial charge in [0.05, 0.1) is 30.1 Å². The van der Waals surface area contributed by atoms with Gasteiger partial charge in [-0.3, -0.25) is 4.57 Å². The van der Waals surface area contributed by atoms with Gasteiger partial charge < -0.3 is 19.4 Å². The number of H-pyrrole nitrogens is 1. The molecule has 0 unspecified atom stereocenters. The average molecular weight is 461 g/mol. The standard InChI is InChI=1S/C22H28N4O5S/c1-30-20-8-7-17(15-21(20)31-2)32(28,29)23-11-14-25-12-9-16(10-13-25)26-19-6-4-3-5-18(19)24-22(26)27/h3-8,15-16,23H,9-14H2,1-2H3,(H,24,27). The van der Waals surface area contributed by atoms with Crippen molar-refractivity contribution >= 4 is 21.1 Å². The van der Waals surface area contributed by atoms with E-state index in [0.29, 0.717) is 24.6 Å². The molecule has 0 radical (unpaired) electrons. The minimum Gasteiger partial charge on any atom is -0.493 e. The first-order valence-electron chi connectivity index (χ1n) is 10.6. The Morgan fingerprint density at radius 1 is 1.06 bits per heavy atom. The Labute approximate surface area is 187 Å². The molecule has 1 fully saturated rings. The molecule has 1 aliphatic rings. The van der Waals surface area contributed by atoms with E-state index in [-0.39, 0.29) is 16.6 Å². The van der Waals surface area contributed by atoms with E-state index in [1.807, 2.05) is 28.8 Å². The molecule has 1 aliphatic heterocycles. The van der Waals surface area contributed by atoms with E-state index in [1.165, 1.54) is 26.4 Å². The molecule has 0 saturated carbocycles. The van der Waals surface area contributed by atoms with Crippen molar-refractivity contribution in [3.05, 3.63) is 52.9 Å². The number of hydrogen-bond donors (Lipinski definition) is 2. The van der Waals surface area contributed by atoms with Gasteiger partial charge in [-0.25, -0.2) is 17.9 Å². The summed E-state index contributed by atoms with van der Waals surface area (Å²) >= 11 is 0. The van der Waals surface area contributed by atoms with Crippen molar-refractivity contribution in [2.24, 2.45) is 0 Å². The lowest BCUT2D eigenvalue weighted by Gasteiger charge is -2.32. The van der Waals surface area contributed by atoms with Crippen LogP contribution in [0.4, 0.5) is 0 Å². The molecule has 2 N–H and O–H groups in total. The fourth-order valence-electron chi connectivity index (χ4n) is 4.24. The molecule has 9 nitrogen and oxygen atoms in total. The van der Waals surface area contributed by atoms with Gasteiger partial charge in [-0.05, 0) is 37.1 Å². The summed E-state index contributed by atoms with van der Waals surface area (Å²) in [4.78, 5) is 17.7. The van der Waals surface area contributed by atoms with Crippen molar-refractivity contribution in [1.82, 2.24) is 19.2 Å². The molecule has 0 spiro atoms. The monoisotopic (exact) mass is 460 g/mol. The Bertz CT molecular complexity index is 1240. The van der Waals surface area contributed by atoms with Crippen molar-refractivity contribution in [3.8, 4) is 11.5 Å². The van der Waals surface area contributed by atoms with Crippen molar-refractivity contribution in [2.45, 2.75) is 23.8 Å². The molecule has 0 atom stereocenters. The van der Waals surface area contributed by atoms with Crippen LogP contribution in [-0.4, -0.2) is 63.3 Å². The third kappa shape index (κ3) is 4.52. The Hall–Kier alpha value is -2.82. The molecule has 2 aromatic carbocycles. The summed E-state index contributed by atoms with van der Waals surface area (Å²) in [6.07, 6.45) is 1.67. The van der Waals surface area contributed by atoms with Crippen molar-refractivity contribution in [1.29, 1.82) is 0 Å². The summed E-state index contributed by atoms with van der Waals surface area (Å²) in [7, 11) is -0.686. The van der Waals surface area contributed by atoms with Gasteiger partial charge in [-0.1, -0.05) is 12.1 Å². The van der Waals surface area contributed by atoms with Crippen LogP contribution >= 0.6 is 0 Å². The van der Waals surface area contributed by atoms with Crippen LogP contribution in [0.5, 0.6) is 11.5 Å². The average Bonchev–Trinajstić information content (AvgIpc) is 3.14. The van der Waals surface area contributed by atoms with E-state index in [1.54, 1.807) is 6.07 Å². The molecule has 0 amide bonds. The molecular formula is C22H28N4O5S. The summed E-state index contributed by atoms with van der Waals surface area (Å²) in [6.45, 7) is 2.50. The number of rotatable bonds is 8. The van der Waals surface area contributed by atoms with E-state index in [4.69, 9.17) is 9.47 Å². The van der Waals surface area contributed by atoms with Gasteiger partial charge in [0.15, 0.2) is 11.5 Å². The maximum atomic E-state index is 12.6. The van der Waals surface area contributed by atoms with Crippen LogP contribution in [0.3, 0.4) is 0 Å². The molecule has 1 saturated heterocycles. The van der Waals surface area contributed by atoms with Crippen molar-refractivity contribution in [2.75, 3.05) is 40.4 Å². The lowest BCUT2D eigenvalue weighted by atomic mass is 10.0. The van der Waals surface area contributed by atoms with E-state index in [0.717, 1.165) is 37.0 Å². The van der Waals surface area contributed by atoms with Crippen molar-refractivity contribution in [3.63, 3.8) is 0 Å². The predicted molar refractivity (Wildman–Crippen MR) is 122 cm³/mol. The van der Waals surface area contributed by atoms with Gasteiger partial charge in [0.2, 0.25) is 10.0 Å². The van der Waals surface area contributed by atoms with E-state index < -0.39 is 10.0 Å². The molecule has 4 rings (SSSR count). The molecule has 0 aliphatic carbocycles. The first-order valence-corrected chi connectivity index (χ1v) is 12.0. The van der Waals surface area contributed by atoms with Crippen LogP contribution in [-0.2, 0) is 10.0 Å². The van der Waals surface area contributed by atoms with Gasteiger partial charge in [-0.15, -0.1) is 0 Å². The molecule has 10 heteroatoms. The minimum atomic E-state index is -3.66. The topological polar surface area (TPSA) is 106 Å². The summed E-state index contributed by atoms with van der Waals surface area (Å²) in [5, 5.41) is 0. The van der Waals surface area contributed by atoms with Crippen LogP contribution < -0.4 is 19.9 Å². The summed E-state index contributed by atoms with van der Waals surface area (Å²) in [5.74, 6) is 0.841. The number of likely N-dealkylation sites (tertiary alicyclic amines) is 1. The summed E-state index contributed by atoms with van der Waals surface area (Å²) < 4.78 is 40.2. The molecule has 3 aromatic rings. The Balaban J connectivity index is 1.32. The largest absolute Gasteiger partial charge is 0.493 e. The number of para-hydroxylation sites is 2. The second-order valence-electron chi connectivity index (χ2n) is 7.80. The van der Waals surface area contributed by atoms with E-state index in [2.05, 4.69) is 14.6 Å². The second-order valence-corrected chi connectivity index (χ2v) is 9.57. The van der Waals surface area contributed by atoms with Crippen LogP contribution in [0.2, 0.25) is 0 Å². The lowest BCUT2D eigenvalue weighted by molar-refractivity contribution is 0.190. The highest BCUT2D eigenvalue weighted by Crippen LogP contribution is 2.29. The zero-order chi connectivity index (χ0) is 22.7. The van der Waals surface area contributed by atoms with E-state index >= 15 is 0 Å².